The zero-order valence-electron chi connectivity index (χ0n) is 16.2. The van der Waals surface area contributed by atoms with Gasteiger partial charge >= 0.3 is 6.03 Å². The summed E-state index contributed by atoms with van der Waals surface area (Å²) in [4.78, 5) is 32.0. The summed E-state index contributed by atoms with van der Waals surface area (Å²) in [6, 6.07) is 10.4. The van der Waals surface area contributed by atoms with E-state index in [9.17, 15) is 9.59 Å². The van der Waals surface area contributed by atoms with Crippen LogP contribution in [0.1, 0.15) is 18.1 Å². The van der Waals surface area contributed by atoms with Crippen molar-refractivity contribution in [3.8, 4) is 5.75 Å². The van der Waals surface area contributed by atoms with Gasteiger partial charge in [0.1, 0.15) is 11.8 Å². The summed E-state index contributed by atoms with van der Waals surface area (Å²) < 4.78 is 5.18. The Morgan fingerprint density at radius 3 is 2.11 bits per heavy atom. The van der Waals surface area contributed by atoms with Gasteiger partial charge in [0.25, 0.3) is 0 Å². The largest absolute Gasteiger partial charge is 0.497 e. The first-order chi connectivity index (χ1) is 12.9. The maximum atomic E-state index is 12.8. The second-order valence-corrected chi connectivity index (χ2v) is 6.46. The molecule has 0 radical (unpaired) electrons. The third-order valence-electron chi connectivity index (χ3n) is 4.09. The summed E-state index contributed by atoms with van der Waals surface area (Å²) in [6.45, 7) is 2.49. The molecule has 0 saturated heterocycles. The van der Waals surface area contributed by atoms with E-state index in [0.717, 1.165) is 16.9 Å². The number of methoxy groups -OCH3 is 1. The van der Waals surface area contributed by atoms with E-state index in [0.29, 0.717) is 13.1 Å². The van der Waals surface area contributed by atoms with Crippen LogP contribution in [0.25, 0.3) is 0 Å². The van der Waals surface area contributed by atoms with Crippen LogP contribution in [0.3, 0.4) is 0 Å². The van der Waals surface area contributed by atoms with Crippen molar-refractivity contribution in [2.24, 2.45) is 0 Å². The smallest absolute Gasteiger partial charge is 0.318 e. The van der Waals surface area contributed by atoms with Gasteiger partial charge in [-0.05, 0) is 42.3 Å². The summed E-state index contributed by atoms with van der Waals surface area (Å²) in [5, 5.41) is 2.78. The Balaban J connectivity index is 2.15. The number of urea groups is 1. The monoisotopic (exact) mass is 370 g/mol. The highest BCUT2D eigenvalue weighted by Gasteiger charge is 2.21. The van der Waals surface area contributed by atoms with Crippen LogP contribution in [0.15, 0.2) is 48.8 Å². The first kappa shape index (κ1) is 20.2. The molecule has 2 rings (SSSR count). The van der Waals surface area contributed by atoms with Crippen molar-refractivity contribution in [3.05, 3.63) is 59.9 Å². The van der Waals surface area contributed by atoms with Crippen molar-refractivity contribution in [1.29, 1.82) is 0 Å². The van der Waals surface area contributed by atoms with E-state index in [1.807, 2.05) is 36.4 Å². The second kappa shape index (κ2) is 9.56. The average Bonchev–Trinajstić information content (AvgIpc) is 2.68. The van der Waals surface area contributed by atoms with Gasteiger partial charge in [-0.1, -0.05) is 12.1 Å². The number of ether oxygens (including phenoxy) is 1. The second-order valence-electron chi connectivity index (χ2n) is 6.46. The van der Waals surface area contributed by atoms with E-state index in [1.165, 1.54) is 4.90 Å². The van der Waals surface area contributed by atoms with Gasteiger partial charge in [0.15, 0.2) is 0 Å². The maximum absolute atomic E-state index is 12.8. The molecule has 1 aromatic heterocycles. The molecule has 0 aliphatic heterocycles. The van der Waals surface area contributed by atoms with Crippen LogP contribution >= 0.6 is 0 Å². The molecule has 7 heteroatoms. The summed E-state index contributed by atoms with van der Waals surface area (Å²) in [5.41, 5.74) is 1.92. The molecule has 3 amide bonds. The van der Waals surface area contributed by atoms with Crippen molar-refractivity contribution < 1.29 is 14.3 Å². The van der Waals surface area contributed by atoms with Gasteiger partial charge in [0.2, 0.25) is 5.91 Å². The molecule has 0 unspecified atom stereocenters. The van der Waals surface area contributed by atoms with E-state index in [4.69, 9.17) is 4.74 Å². The standard InChI is InChI=1S/C20H26N4O3/c1-15(19(25)23(2)3)22-20(26)24(14-17-9-11-21-12-10-17)13-16-5-7-18(27-4)8-6-16/h5-12,15H,13-14H2,1-4H3,(H,22,26)/t15-/m0/s1. The zero-order chi connectivity index (χ0) is 19.8. The SMILES string of the molecule is COc1ccc(CN(Cc2ccncc2)C(=O)N[C@@H](C)C(=O)N(C)C)cc1. The van der Waals surface area contributed by atoms with Gasteiger partial charge in [-0.25, -0.2) is 4.79 Å². The average molecular weight is 370 g/mol. The molecule has 7 nitrogen and oxygen atoms in total. The number of aromatic nitrogens is 1. The number of hydrogen-bond acceptors (Lipinski definition) is 4. The fourth-order valence-corrected chi connectivity index (χ4v) is 2.58. The minimum absolute atomic E-state index is 0.156. The van der Waals surface area contributed by atoms with Crippen molar-refractivity contribution in [3.63, 3.8) is 0 Å². The molecule has 2 aromatic rings. The Labute approximate surface area is 159 Å². The molecule has 0 saturated carbocycles. The molecule has 1 N–H and O–H groups in total. The van der Waals surface area contributed by atoms with Crippen LogP contribution in [-0.2, 0) is 17.9 Å². The first-order valence-electron chi connectivity index (χ1n) is 8.69. The number of benzene rings is 1. The summed E-state index contributed by atoms with van der Waals surface area (Å²) in [7, 11) is 4.94. The Bertz CT molecular complexity index is 748. The molecular weight excluding hydrogens is 344 g/mol. The molecule has 0 fully saturated rings. The summed E-state index contributed by atoms with van der Waals surface area (Å²) >= 11 is 0. The van der Waals surface area contributed by atoms with Gasteiger partial charge in [-0.3, -0.25) is 9.78 Å². The quantitative estimate of drug-likeness (QED) is 0.811. The molecule has 0 aliphatic rings. The highest BCUT2D eigenvalue weighted by Crippen LogP contribution is 2.15. The van der Waals surface area contributed by atoms with Gasteiger partial charge in [-0.15, -0.1) is 0 Å². The highest BCUT2D eigenvalue weighted by atomic mass is 16.5. The maximum Gasteiger partial charge on any atom is 0.318 e. The number of likely N-dealkylation sites (N-methyl/N-ethyl adjacent to an activating group) is 1. The lowest BCUT2D eigenvalue weighted by atomic mass is 10.2. The Kier molecular flexibility index (Phi) is 7.16. The lowest BCUT2D eigenvalue weighted by molar-refractivity contribution is -0.130. The molecule has 1 heterocycles. The van der Waals surface area contributed by atoms with Crippen LogP contribution in [0.2, 0.25) is 0 Å². The molecule has 0 bridgehead atoms. The van der Waals surface area contributed by atoms with E-state index in [-0.39, 0.29) is 11.9 Å². The zero-order valence-corrected chi connectivity index (χ0v) is 16.2. The van der Waals surface area contributed by atoms with Crippen LogP contribution in [0, 0.1) is 0 Å². The van der Waals surface area contributed by atoms with Crippen molar-refractivity contribution >= 4 is 11.9 Å². The number of nitrogens with one attached hydrogen (secondary N) is 1. The normalized spacial score (nSPS) is 11.4. The minimum atomic E-state index is -0.608. The van der Waals surface area contributed by atoms with Gasteiger partial charge in [0, 0.05) is 39.6 Å². The summed E-state index contributed by atoms with van der Waals surface area (Å²) in [6.07, 6.45) is 3.38. The predicted molar refractivity (Wildman–Crippen MR) is 103 cm³/mol. The number of hydrogen-bond donors (Lipinski definition) is 1. The van der Waals surface area contributed by atoms with Crippen molar-refractivity contribution in [2.45, 2.75) is 26.1 Å². The van der Waals surface area contributed by atoms with Gasteiger partial charge < -0.3 is 19.9 Å². The lowest BCUT2D eigenvalue weighted by Gasteiger charge is -2.26. The molecule has 27 heavy (non-hydrogen) atoms. The minimum Gasteiger partial charge on any atom is -0.497 e. The van der Waals surface area contributed by atoms with Crippen LogP contribution in [-0.4, -0.2) is 54.0 Å². The third kappa shape index (κ3) is 5.99. The van der Waals surface area contributed by atoms with Gasteiger partial charge in [-0.2, -0.15) is 0 Å². The molecule has 1 aromatic carbocycles. The summed E-state index contributed by atoms with van der Waals surface area (Å²) in [5.74, 6) is 0.603. The third-order valence-corrected chi connectivity index (χ3v) is 4.09. The Morgan fingerprint density at radius 2 is 1.59 bits per heavy atom. The first-order valence-corrected chi connectivity index (χ1v) is 8.69. The van der Waals surface area contributed by atoms with E-state index in [2.05, 4.69) is 10.3 Å². The Morgan fingerprint density at radius 1 is 1.04 bits per heavy atom. The van der Waals surface area contributed by atoms with Crippen molar-refractivity contribution in [1.82, 2.24) is 20.1 Å². The molecular formula is C20H26N4O3. The predicted octanol–water partition coefficient (Wildman–Crippen LogP) is 2.28. The number of amides is 3. The number of carbonyl (C=O) groups is 2. The molecule has 0 aliphatic carbocycles. The fourth-order valence-electron chi connectivity index (χ4n) is 2.58. The fraction of sp³-hybridized carbons (Fsp3) is 0.350. The highest BCUT2D eigenvalue weighted by molar-refractivity contribution is 5.86. The van der Waals surface area contributed by atoms with Crippen LogP contribution in [0.4, 0.5) is 4.79 Å². The molecule has 0 spiro atoms. The van der Waals surface area contributed by atoms with Crippen molar-refractivity contribution in [2.75, 3.05) is 21.2 Å². The number of nitrogens with zero attached hydrogens (tertiary/aromatic N) is 3. The van der Waals surface area contributed by atoms with E-state index in [1.54, 1.807) is 45.4 Å². The van der Waals surface area contributed by atoms with E-state index >= 15 is 0 Å². The number of rotatable bonds is 7. The topological polar surface area (TPSA) is 74.8 Å². The van der Waals surface area contributed by atoms with Crippen LogP contribution < -0.4 is 10.1 Å². The Hall–Kier alpha value is -3.09. The van der Waals surface area contributed by atoms with Crippen LogP contribution in [0.5, 0.6) is 5.75 Å². The lowest BCUT2D eigenvalue weighted by Crippen LogP contribution is -2.49. The van der Waals surface area contributed by atoms with Gasteiger partial charge in [0.05, 0.1) is 7.11 Å². The van der Waals surface area contributed by atoms with E-state index < -0.39 is 6.04 Å². The molecule has 1 atom stereocenters. The number of pyridine rings is 1. The number of carbonyl (C=O) groups excluding carboxylic acids is 2. The molecule has 144 valence electrons.